The van der Waals surface area contributed by atoms with Crippen molar-refractivity contribution in [2.45, 2.75) is 51.0 Å². The summed E-state index contributed by atoms with van der Waals surface area (Å²) in [6.07, 6.45) is 1.28. The number of carbonyl (C=O) groups is 1. The molecule has 2 heterocycles. The number of nitrogens with zero attached hydrogens (tertiary/aromatic N) is 2. The Balaban J connectivity index is 2.00. The van der Waals surface area contributed by atoms with E-state index in [2.05, 4.69) is 18.7 Å². The number of rotatable bonds is 3. The number of piperidine rings is 1. The Kier molecular flexibility index (Phi) is 4.37. The molecule has 1 aromatic carbocycles. The highest BCUT2D eigenvalue weighted by Crippen LogP contribution is 2.49. The molecule has 0 bridgehead atoms. The smallest absolute Gasteiger partial charge is 0.263 e. The zero-order valence-corrected chi connectivity index (χ0v) is 15.0. The van der Waals surface area contributed by atoms with Crippen molar-refractivity contribution in [2.75, 3.05) is 24.5 Å². The largest absolute Gasteiger partial charge is 0.305 e. The topological polar surface area (TPSA) is 23.6 Å². The van der Waals surface area contributed by atoms with Crippen LogP contribution >= 0.6 is 11.6 Å². The van der Waals surface area contributed by atoms with Crippen molar-refractivity contribution in [2.24, 2.45) is 0 Å². The van der Waals surface area contributed by atoms with E-state index < -0.39 is 17.9 Å². The molecule has 2 aliphatic rings. The normalized spacial score (nSPS) is 21.0. The van der Waals surface area contributed by atoms with Crippen LogP contribution in [0, 0.1) is 0 Å². The van der Waals surface area contributed by atoms with Crippen LogP contribution in [0.4, 0.5) is 14.5 Å². The van der Waals surface area contributed by atoms with Crippen molar-refractivity contribution < 1.29 is 13.6 Å². The average Bonchev–Trinajstić information content (AvgIpc) is 2.69. The Morgan fingerprint density at radius 1 is 1.29 bits per heavy atom. The molecule has 3 nitrogen and oxygen atoms in total. The van der Waals surface area contributed by atoms with Crippen molar-refractivity contribution in [3.63, 3.8) is 0 Å². The van der Waals surface area contributed by atoms with Crippen LogP contribution in [0.5, 0.6) is 0 Å². The van der Waals surface area contributed by atoms with Crippen LogP contribution in [0.2, 0.25) is 5.02 Å². The van der Waals surface area contributed by atoms with Gasteiger partial charge in [0.1, 0.15) is 0 Å². The Hall–Kier alpha value is -1.20. The third kappa shape index (κ3) is 2.93. The zero-order chi connectivity index (χ0) is 17.7. The van der Waals surface area contributed by atoms with E-state index in [-0.39, 0.29) is 5.91 Å². The summed E-state index contributed by atoms with van der Waals surface area (Å²) < 4.78 is 27.2. The molecule has 0 aliphatic carbocycles. The highest BCUT2D eigenvalue weighted by Gasteiger charge is 2.53. The van der Waals surface area contributed by atoms with Gasteiger partial charge in [-0.25, -0.2) is 8.78 Å². The minimum atomic E-state index is -2.93. The first kappa shape index (κ1) is 17.6. The SMILES string of the molecule is CC(C)N1CCC2(CC1)C(=O)N(CC(C)(F)F)c1ccc(Cl)cc12. The quantitative estimate of drug-likeness (QED) is 0.814. The van der Waals surface area contributed by atoms with E-state index in [0.717, 1.165) is 25.6 Å². The fraction of sp³-hybridized carbons (Fsp3) is 0.611. The van der Waals surface area contributed by atoms with Crippen LogP contribution in [0.1, 0.15) is 39.2 Å². The van der Waals surface area contributed by atoms with E-state index in [1.54, 1.807) is 18.2 Å². The third-order valence-electron chi connectivity index (χ3n) is 5.24. The molecule has 1 saturated heterocycles. The molecule has 6 heteroatoms. The molecule has 1 amide bonds. The van der Waals surface area contributed by atoms with E-state index in [9.17, 15) is 13.6 Å². The maximum atomic E-state index is 13.6. The Morgan fingerprint density at radius 3 is 2.46 bits per heavy atom. The summed E-state index contributed by atoms with van der Waals surface area (Å²) in [5.74, 6) is -3.14. The number of anilines is 1. The molecule has 1 spiro atoms. The number of carbonyl (C=O) groups excluding carboxylic acids is 1. The van der Waals surface area contributed by atoms with Gasteiger partial charge in [-0.2, -0.15) is 0 Å². The first-order valence-electron chi connectivity index (χ1n) is 8.38. The van der Waals surface area contributed by atoms with Crippen molar-refractivity contribution in [1.29, 1.82) is 0 Å². The van der Waals surface area contributed by atoms with Crippen molar-refractivity contribution in [3.8, 4) is 0 Å². The van der Waals surface area contributed by atoms with E-state index in [1.165, 1.54) is 4.90 Å². The first-order chi connectivity index (χ1) is 11.1. The minimum Gasteiger partial charge on any atom is -0.305 e. The zero-order valence-electron chi connectivity index (χ0n) is 14.3. The van der Waals surface area contributed by atoms with Crippen molar-refractivity contribution in [1.82, 2.24) is 4.90 Å². The van der Waals surface area contributed by atoms with Gasteiger partial charge in [0.25, 0.3) is 5.92 Å². The molecular weight excluding hydrogens is 334 g/mol. The van der Waals surface area contributed by atoms with Gasteiger partial charge in [-0.1, -0.05) is 11.6 Å². The predicted molar refractivity (Wildman–Crippen MR) is 92.0 cm³/mol. The molecule has 0 atom stereocenters. The van der Waals surface area contributed by atoms with Crippen LogP contribution in [0.25, 0.3) is 0 Å². The maximum Gasteiger partial charge on any atom is 0.263 e. The second kappa shape index (κ2) is 5.95. The molecule has 0 aromatic heterocycles. The first-order valence-corrected chi connectivity index (χ1v) is 8.76. The van der Waals surface area contributed by atoms with Gasteiger partial charge < -0.3 is 9.80 Å². The summed E-state index contributed by atoms with van der Waals surface area (Å²) in [6, 6.07) is 5.56. The van der Waals surface area contributed by atoms with Crippen molar-refractivity contribution in [3.05, 3.63) is 28.8 Å². The van der Waals surface area contributed by atoms with Gasteiger partial charge in [0.2, 0.25) is 5.91 Å². The lowest BCUT2D eigenvalue weighted by atomic mass is 9.73. The molecule has 3 rings (SSSR count). The molecular formula is C18H23ClF2N2O. The highest BCUT2D eigenvalue weighted by molar-refractivity contribution is 6.31. The molecule has 1 aromatic rings. The van der Waals surface area contributed by atoms with Gasteiger partial charge >= 0.3 is 0 Å². The lowest BCUT2D eigenvalue weighted by Gasteiger charge is -2.40. The number of fused-ring (bicyclic) bond motifs is 2. The summed E-state index contributed by atoms with van der Waals surface area (Å²) in [6.45, 7) is 6.09. The van der Waals surface area contributed by atoms with Gasteiger partial charge in [-0.15, -0.1) is 0 Å². The maximum absolute atomic E-state index is 13.6. The highest BCUT2D eigenvalue weighted by atomic mass is 35.5. The Morgan fingerprint density at radius 2 is 1.92 bits per heavy atom. The minimum absolute atomic E-state index is 0.204. The molecule has 0 radical (unpaired) electrons. The monoisotopic (exact) mass is 356 g/mol. The van der Waals surface area contributed by atoms with Gasteiger partial charge in [-0.05, 0) is 63.5 Å². The van der Waals surface area contributed by atoms with Gasteiger partial charge in [0.15, 0.2) is 0 Å². The standard InChI is InChI=1S/C18H23ClF2N2O/c1-12(2)22-8-6-18(7-9-22)14-10-13(19)4-5-15(14)23(16(18)24)11-17(3,20)21/h4-5,10,12H,6-9,11H2,1-3H3. The second-order valence-corrected chi connectivity index (χ2v) is 7.77. The number of alkyl halides is 2. The molecule has 132 valence electrons. The van der Waals surface area contributed by atoms with E-state index >= 15 is 0 Å². The van der Waals surface area contributed by atoms with E-state index in [4.69, 9.17) is 11.6 Å². The average molecular weight is 357 g/mol. The lowest BCUT2D eigenvalue weighted by molar-refractivity contribution is -0.126. The van der Waals surface area contributed by atoms with Crippen LogP contribution in [-0.2, 0) is 10.2 Å². The van der Waals surface area contributed by atoms with E-state index in [0.29, 0.717) is 29.6 Å². The fourth-order valence-corrected chi connectivity index (χ4v) is 4.12. The van der Waals surface area contributed by atoms with Gasteiger partial charge in [0, 0.05) is 23.7 Å². The number of hydrogen-bond acceptors (Lipinski definition) is 2. The third-order valence-corrected chi connectivity index (χ3v) is 5.47. The van der Waals surface area contributed by atoms with Crippen LogP contribution in [0.15, 0.2) is 18.2 Å². The van der Waals surface area contributed by atoms with Crippen LogP contribution in [-0.4, -0.2) is 42.4 Å². The molecule has 24 heavy (non-hydrogen) atoms. The Labute approximate surface area is 146 Å². The molecule has 0 N–H and O–H groups in total. The fourth-order valence-electron chi connectivity index (χ4n) is 3.95. The summed E-state index contributed by atoms with van der Waals surface area (Å²) in [5, 5.41) is 0.539. The Bertz CT molecular complexity index is 649. The van der Waals surface area contributed by atoms with Crippen LogP contribution in [0.3, 0.4) is 0 Å². The molecule has 1 fully saturated rings. The summed E-state index contributed by atoms with van der Waals surface area (Å²) in [7, 11) is 0. The van der Waals surface area contributed by atoms with E-state index in [1.807, 2.05) is 0 Å². The summed E-state index contributed by atoms with van der Waals surface area (Å²) in [4.78, 5) is 16.7. The van der Waals surface area contributed by atoms with Crippen LogP contribution < -0.4 is 4.90 Å². The molecule has 0 saturated carbocycles. The van der Waals surface area contributed by atoms with Gasteiger partial charge in [0.05, 0.1) is 12.0 Å². The summed E-state index contributed by atoms with van der Waals surface area (Å²) >= 11 is 6.15. The summed E-state index contributed by atoms with van der Waals surface area (Å²) in [5.41, 5.74) is 0.688. The number of benzene rings is 1. The number of hydrogen-bond donors (Lipinski definition) is 0. The molecule has 2 aliphatic heterocycles. The second-order valence-electron chi connectivity index (χ2n) is 7.33. The van der Waals surface area contributed by atoms with Gasteiger partial charge in [-0.3, -0.25) is 4.79 Å². The number of amides is 1. The number of likely N-dealkylation sites (tertiary alicyclic amines) is 1. The lowest BCUT2D eigenvalue weighted by Crippen LogP contribution is -2.51. The molecule has 0 unspecified atom stereocenters. The number of halogens is 3. The van der Waals surface area contributed by atoms with Crippen molar-refractivity contribution >= 4 is 23.2 Å². The predicted octanol–water partition coefficient (Wildman–Crippen LogP) is 4.08.